The average Bonchev–Trinajstić information content (AvgIpc) is 2.65. The number of ether oxygens (including phenoxy) is 1. The number of allylic oxidation sites excluding steroid dienone is 1. The molecular formula is C19H21N3O5S2. The van der Waals surface area contributed by atoms with Crippen LogP contribution in [0.5, 0.6) is 0 Å². The van der Waals surface area contributed by atoms with E-state index in [-0.39, 0.29) is 5.70 Å². The molecule has 0 saturated carbocycles. The summed E-state index contributed by atoms with van der Waals surface area (Å²) in [6.07, 6.45) is 2.67. The molecule has 2 atom stereocenters. The van der Waals surface area contributed by atoms with E-state index in [1.807, 2.05) is 18.2 Å². The van der Waals surface area contributed by atoms with Crippen molar-refractivity contribution in [3.8, 4) is 0 Å². The van der Waals surface area contributed by atoms with E-state index < -0.39 is 35.0 Å². The molecule has 0 radical (unpaired) electrons. The minimum absolute atomic E-state index is 0.0566. The van der Waals surface area contributed by atoms with Crippen LogP contribution >= 0.6 is 23.5 Å². The Hall–Kier alpha value is -2.46. The number of thioether (sulfide) groups is 2. The Morgan fingerprint density at radius 3 is 2.79 bits per heavy atom. The van der Waals surface area contributed by atoms with E-state index in [0.717, 1.165) is 5.03 Å². The van der Waals surface area contributed by atoms with Gasteiger partial charge in [0.05, 0.1) is 0 Å². The predicted molar refractivity (Wildman–Crippen MR) is 110 cm³/mol. The molecule has 2 aliphatic heterocycles. The standard InChI is InChI=1S/C19H21N3O5S2/c1-19(2,3)27-18(26)21-13-15(23)22-14(17(24)25)11(10-29-16(13)22)7-9-28-12-6-4-5-8-20-12/h4-9,13,16H,10H2,1-3H3,(H,21,26)(H,24,25)/t13?,16-/m0/s1. The van der Waals surface area contributed by atoms with Gasteiger partial charge < -0.3 is 15.2 Å². The molecule has 0 aromatic carbocycles. The predicted octanol–water partition coefficient (Wildman–Crippen LogP) is 2.83. The Bertz CT molecular complexity index is 880. The summed E-state index contributed by atoms with van der Waals surface area (Å²) in [5.41, 5.74) is -0.212. The van der Waals surface area contributed by atoms with Gasteiger partial charge in [-0.2, -0.15) is 0 Å². The first-order valence-corrected chi connectivity index (χ1v) is 10.7. The Labute approximate surface area is 176 Å². The molecule has 2 N–H and O–H groups in total. The zero-order chi connectivity index (χ0) is 21.2. The highest BCUT2D eigenvalue weighted by Gasteiger charge is 2.54. The average molecular weight is 436 g/mol. The molecule has 0 spiro atoms. The molecule has 3 heterocycles. The second kappa shape index (κ2) is 8.50. The number of carboxylic acid groups (broad SMARTS) is 1. The molecule has 1 fully saturated rings. The van der Waals surface area contributed by atoms with E-state index in [1.165, 1.54) is 28.4 Å². The van der Waals surface area contributed by atoms with Crippen LogP contribution in [-0.2, 0) is 14.3 Å². The second-order valence-electron chi connectivity index (χ2n) is 7.30. The molecule has 10 heteroatoms. The maximum Gasteiger partial charge on any atom is 0.408 e. The lowest BCUT2D eigenvalue weighted by molar-refractivity contribution is -0.149. The summed E-state index contributed by atoms with van der Waals surface area (Å²) < 4.78 is 5.18. The lowest BCUT2D eigenvalue weighted by atomic mass is 10.0. The van der Waals surface area contributed by atoms with Crippen molar-refractivity contribution in [1.29, 1.82) is 0 Å². The van der Waals surface area contributed by atoms with Crippen molar-refractivity contribution < 1.29 is 24.2 Å². The number of aromatic nitrogens is 1. The van der Waals surface area contributed by atoms with Crippen molar-refractivity contribution in [3.63, 3.8) is 0 Å². The topological polar surface area (TPSA) is 109 Å². The quantitative estimate of drug-likeness (QED) is 0.537. The fourth-order valence-corrected chi connectivity index (χ4v) is 4.78. The third-order valence-electron chi connectivity index (χ3n) is 3.97. The van der Waals surface area contributed by atoms with Crippen molar-refractivity contribution in [1.82, 2.24) is 15.2 Å². The Morgan fingerprint density at radius 1 is 1.41 bits per heavy atom. The zero-order valence-corrected chi connectivity index (χ0v) is 17.8. The molecule has 29 heavy (non-hydrogen) atoms. The number of aliphatic carboxylic acids is 1. The van der Waals surface area contributed by atoms with E-state index in [0.29, 0.717) is 11.3 Å². The number of β-lactam (4-membered cyclic amide) rings is 1. The van der Waals surface area contributed by atoms with E-state index in [1.54, 1.807) is 38.5 Å². The number of nitrogens with one attached hydrogen (secondary N) is 1. The van der Waals surface area contributed by atoms with Gasteiger partial charge in [-0.25, -0.2) is 14.6 Å². The second-order valence-corrected chi connectivity index (χ2v) is 9.33. The van der Waals surface area contributed by atoms with Crippen LogP contribution in [0, 0.1) is 0 Å². The van der Waals surface area contributed by atoms with E-state index in [2.05, 4.69) is 10.3 Å². The number of nitrogens with zero attached hydrogens (tertiary/aromatic N) is 2. The van der Waals surface area contributed by atoms with Gasteiger partial charge in [0, 0.05) is 11.9 Å². The Morgan fingerprint density at radius 2 is 2.17 bits per heavy atom. The van der Waals surface area contributed by atoms with Gasteiger partial charge in [0.15, 0.2) is 0 Å². The summed E-state index contributed by atoms with van der Waals surface area (Å²) in [5.74, 6) is -1.24. The highest BCUT2D eigenvalue weighted by molar-refractivity contribution is 8.02. The van der Waals surface area contributed by atoms with Crippen LogP contribution in [0.3, 0.4) is 0 Å². The lowest BCUT2D eigenvalue weighted by Gasteiger charge is -2.49. The molecular weight excluding hydrogens is 414 g/mol. The maximum absolute atomic E-state index is 12.6. The Kier molecular flexibility index (Phi) is 6.23. The highest BCUT2D eigenvalue weighted by Crippen LogP contribution is 2.41. The van der Waals surface area contributed by atoms with Crippen molar-refractivity contribution in [2.24, 2.45) is 0 Å². The van der Waals surface area contributed by atoms with Gasteiger partial charge in [0.25, 0.3) is 5.91 Å². The summed E-state index contributed by atoms with van der Waals surface area (Å²) in [4.78, 5) is 41.8. The maximum atomic E-state index is 12.6. The first kappa shape index (κ1) is 21.3. The number of pyridine rings is 1. The van der Waals surface area contributed by atoms with Crippen LogP contribution in [0.2, 0.25) is 0 Å². The number of amides is 2. The molecule has 3 rings (SSSR count). The molecule has 1 unspecified atom stereocenters. The van der Waals surface area contributed by atoms with Crippen LogP contribution in [0.15, 0.2) is 52.2 Å². The number of fused-ring (bicyclic) bond motifs is 1. The first-order chi connectivity index (χ1) is 13.7. The molecule has 154 valence electrons. The number of rotatable bonds is 5. The zero-order valence-electron chi connectivity index (χ0n) is 16.1. The van der Waals surface area contributed by atoms with Gasteiger partial charge in [0.2, 0.25) is 0 Å². The molecule has 0 bridgehead atoms. The molecule has 1 saturated heterocycles. The summed E-state index contributed by atoms with van der Waals surface area (Å²) in [6.45, 7) is 5.18. The largest absolute Gasteiger partial charge is 0.477 e. The number of alkyl carbamates (subject to hydrolysis) is 1. The van der Waals surface area contributed by atoms with Crippen LogP contribution in [0.1, 0.15) is 20.8 Å². The normalized spacial score (nSPS) is 21.6. The fraction of sp³-hybridized carbons (Fsp3) is 0.368. The van der Waals surface area contributed by atoms with Crippen molar-refractivity contribution >= 4 is 41.5 Å². The summed E-state index contributed by atoms with van der Waals surface area (Å²) in [5, 5.41) is 14.3. The number of hydrogen-bond donors (Lipinski definition) is 2. The molecule has 1 aromatic heterocycles. The van der Waals surface area contributed by atoms with Gasteiger partial charge in [-0.15, -0.1) is 11.8 Å². The summed E-state index contributed by atoms with van der Waals surface area (Å²) in [6, 6.07) is 4.72. The summed E-state index contributed by atoms with van der Waals surface area (Å²) >= 11 is 2.76. The molecule has 2 amide bonds. The Balaban J connectivity index is 1.71. The van der Waals surface area contributed by atoms with Gasteiger partial charge in [-0.05, 0) is 50.0 Å². The number of hydrogen-bond acceptors (Lipinski definition) is 7. The minimum atomic E-state index is -1.18. The van der Waals surface area contributed by atoms with Gasteiger partial charge >= 0.3 is 12.1 Å². The van der Waals surface area contributed by atoms with Crippen molar-refractivity contribution in [3.05, 3.63) is 47.2 Å². The van der Waals surface area contributed by atoms with Gasteiger partial charge in [-0.3, -0.25) is 9.69 Å². The fourth-order valence-electron chi connectivity index (χ4n) is 2.81. The van der Waals surface area contributed by atoms with E-state index >= 15 is 0 Å². The third-order valence-corrected chi connectivity index (χ3v) is 6.03. The van der Waals surface area contributed by atoms with Crippen molar-refractivity contribution in [2.45, 2.75) is 42.8 Å². The first-order valence-electron chi connectivity index (χ1n) is 8.82. The van der Waals surface area contributed by atoms with Gasteiger partial charge in [-0.1, -0.05) is 17.8 Å². The molecule has 0 aliphatic carbocycles. The number of carbonyl (C=O) groups excluding carboxylic acids is 2. The van der Waals surface area contributed by atoms with Crippen LogP contribution in [0.25, 0.3) is 0 Å². The van der Waals surface area contributed by atoms with Crippen molar-refractivity contribution in [2.75, 3.05) is 5.75 Å². The van der Waals surface area contributed by atoms with Crippen LogP contribution in [-0.4, -0.2) is 55.7 Å². The number of carboxylic acids is 1. The minimum Gasteiger partial charge on any atom is -0.477 e. The smallest absolute Gasteiger partial charge is 0.408 e. The van der Waals surface area contributed by atoms with Crippen LogP contribution in [0.4, 0.5) is 4.79 Å². The number of carbonyl (C=O) groups is 3. The molecule has 2 aliphatic rings. The molecule has 8 nitrogen and oxygen atoms in total. The van der Waals surface area contributed by atoms with Crippen LogP contribution < -0.4 is 5.32 Å². The summed E-state index contributed by atoms with van der Waals surface area (Å²) in [7, 11) is 0. The lowest BCUT2D eigenvalue weighted by Crippen LogP contribution is -2.70. The monoisotopic (exact) mass is 435 g/mol. The van der Waals surface area contributed by atoms with E-state index in [9.17, 15) is 19.5 Å². The van der Waals surface area contributed by atoms with E-state index in [4.69, 9.17) is 4.74 Å². The highest BCUT2D eigenvalue weighted by atomic mass is 32.2. The molecule has 1 aromatic rings. The third kappa shape index (κ3) is 4.94. The van der Waals surface area contributed by atoms with Gasteiger partial charge in [0.1, 0.15) is 27.7 Å². The SMILES string of the molecule is CC(C)(C)OC(=O)NC1C(=O)N2C(C(=O)O)=C(C=CSc3ccccn3)CS[C@@H]12.